The molecule has 5 rings (SSSR count). The van der Waals surface area contributed by atoms with E-state index >= 15 is 0 Å². The lowest BCUT2D eigenvalue weighted by Crippen LogP contribution is -2.44. The van der Waals surface area contributed by atoms with Gasteiger partial charge in [-0.15, -0.1) is 0 Å². The molecule has 42 heavy (non-hydrogen) atoms. The predicted molar refractivity (Wildman–Crippen MR) is 159 cm³/mol. The molecule has 2 amide bonds. The molecule has 2 saturated heterocycles. The Morgan fingerprint density at radius 1 is 0.833 bits per heavy atom. The molecule has 0 spiro atoms. The number of Topliss-reactive ketones (excluding diaryl/α,β-unsaturated/α-hetero) is 1. The van der Waals surface area contributed by atoms with Crippen LogP contribution in [0.4, 0.5) is 0 Å². The molecule has 1 aromatic heterocycles. The Bertz CT molecular complexity index is 1380. The molecule has 0 aliphatic carbocycles. The van der Waals surface area contributed by atoms with E-state index < -0.39 is 0 Å². The van der Waals surface area contributed by atoms with Crippen molar-refractivity contribution in [3.63, 3.8) is 0 Å². The van der Waals surface area contributed by atoms with Gasteiger partial charge in [-0.05, 0) is 79.8 Å². The van der Waals surface area contributed by atoms with Gasteiger partial charge < -0.3 is 19.7 Å². The fraction of sp³-hybridized carbons (Fsp3) is 0.394. The molecule has 9 nitrogen and oxygen atoms in total. The Labute approximate surface area is 246 Å². The van der Waals surface area contributed by atoms with Crippen molar-refractivity contribution in [2.24, 2.45) is 5.92 Å². The third-order valence-corrected chi connectivity index (χ3v) is 8.24. The van der Waals surface area contributed by atoms with Crippen molar-refractivity contribution in [3.05, 3.63) is 89.2 Å². The highest BCUT2D eigenvalue weighted by Gasteiger charge is 2.29. The number of nitrogens with one attached hydrogen (secondary N) is 1. The summed E-state index contributed by atoms with van der Waals surface area (Å²) in [4.78, 5) is 47.3. The Kier molecular flexibility index (Phi) is 9.48. The number of pyridine rings is 1. The normalized spacial score (nSPS) is 16.6. The SMILES string of the molecule is COc1ccc(C(=O)C2CCN(C(=O)c3ccc(C(=O)NC4CCN(Cc5cccc(OC)c5)CC4)cn3)CC2)cc1. The van der Waals surface area contributed by atoms with Crippen molar-refractivity contribution in [2.45, 2.75) is 38.3 Å². The minimum absolute atomic E-state index is 0.0979. The summed E-state index contributed by atoms with van der Waals surface area (Å²) in [5.74, 6) is 1.20. The maximum Gasteiger partial charge on any atom is 0.272 e. The second-order valence-electron chi connectivity index (χ2n) is 11.0. The van der Waals surface area contributed by atoms with Crippen LogP contribution in [0.15, 0.2) is 66.9 Å². The molecule has 2 aromatic carbocycles. The summed E-state index contributed by atoms with van der Waals surface area (Å²) in [6, 6.07) is 18.6. The van der Waals surface area contributed by atoms with E-state index in [4.69, 9.17) is 9.47 Å². The smallest absolute Gasteiger partial charge is 0.272 e. The molecule has 2 fully saturated rings. The van der Waals surface area contributed by atoms with Crippen LogP contribution in [0.2, 0.25) is 0 Å². The minimum atomic E-state index is -0.180. The number of likely N-dealkylation sites (tertiary alicyclic amines) is 2. The number of methoxy groups -OCH3 is 2. The number of ether oxygens (including phenoxy) is 2. The highest BCUT2D eigenvalue weighted by Crippen LogP contribution is 2.24. The lowest BCUT2D eigenvalue weighted by molar-refractivity contribution is 0.0645. The molecule has 0 saturated carbocycles. The van der Waals surface area contributed by atoms with E-state index in [-0.39, 0.29) is 29.6 Å². The van der Waals surface area contributed by atoms with Crippen molar-refractivity contribution in [1.29, 1.82) is 0 Å². The van der Waals surface area contributed by atoms with Gasteiger partial charge in [0.15, 0.2) is 5.78 Å². The maximum atomic E-state index is 13.1. The zero-order valence-corrected chi connectivity index (χ0v) is 24.3. The largest absolute Gasteiger partial charge is 0.497 e. The summed E-state index contributed by atoms with van der Waals surface area (Å²) >= 11 is 0. The van der Waals surface area contributed by atoms with E-state index in [0.717, 1.165) is 38.2 Å². The lowest BCUT2D eigenvalue weighted by atomic mass is 9.88. The van der Waals surface area contributed by atoms with Crippen LogP contribution in [0.3, 0.4) is 0 Å². The van der Waals surface area contributed by atoms with Gasteiger partial charge in [0, 0.05) is 56.4 Å². The standard InChI is InChI=1S/C33H38N4O5/c1-41-28-9-6-24(7-10-28)31(38)25-12-18-37(19-13-25)33(40)30-11-8-26(21-34-30)32(39)35-27-14-16-36(17-15-27)22-23-4-3-5-29(20-23)42-2/h3-11,20-21,25,27H,12-19,22H2,1-2H3,(H,35,39). The highest BCUT2D eigenvalue weighted by molar-refractivity contribution is 5.99. The van der Waals surface area contributed by atoms with Crippen molar-refractivity contribution >= 4 is 17.6 Å². The molecule has 0 radical (unpaired) electrons. The van der Waals surface area contributed by atoms with E-state index in [2.05, 4.69) is 27.3 Å². The molecule has 2 aliphatic rings. The van der Waals surface area contributed by atoms with Crippen LogP contribution in [0.5, 0.6) is 11.5 Å². The van der Waals surface area contributed by atoms with Crippen LogP contribution in [0.1, 0.15) is 62.5 Å². The number of hydrogen-bond acceptors (Lipinski definition) is 7. The maximum absolute atomic E-state index is 13.1. The lowest BCUT2D eigenvalue weighted by Gasteiger charge is -2.32. The molecule has 220 valence electrons. The van der Waals surface area contributed by atoms with E-state index in [1.807, 2.05) is 12.1 Å². The van der Waals surface area contributed by atoms with E-state index in [1.165, 1.54) is 11.8 Å². The van der Waals surface area contributed by atoms with Gasteiger partial charge in [0.2, 0.25) is 0 Å². The Hall–Kier alpha value is -4.24. The molecule has 0 bridgehead atoms. The van der Waals surface area contributed by atoms with Gasteiger partial charge in [-0.25, -0.2) is 0 Å². The van der Waals surface area contributed by atoms with Gasteiger partial charge >= 0.3 is 0 Å². The number of aromatic nitrogens is 1. The first kappa shape index (κ1) is 29.3. The van der Waals surface area contributed by atoms with Gasteiger partial charge in [-0.1, -0.05) is 12.1 Å². The molecular formula is C33H38N4O5. The highest BCUT2D eigenvalue weighted by atomic mass is 16.5. The number of rotatable bonds is 9. The van der Waals surface area contributed by atoms with Crippen molar-refractivity contribution in [1.82, 2.24) is 20.1 Å². The summed E-state index contributed by atoms with van der Waals surface area (Å²) < 4.78 is 10.5. The van der Waals surface area contributed by atoms with Crippen molar-refractivity contribution in [2.75, 3.05) is 40.4 Å². The molecule has 3 heterocycles. The molecule has 3 aromatic rings. The fourth-order valence-corrected chi connectivity index (χ4v) is 5.69. The van der Waals surface area contributed by atoms with Gasteiger partial charge in [0.25, 0.3) is 11.8 Å². The van der Waals surface area contributed by atoms with Crippen molar-refractivity contribution in [3.8, 4) is 11.5 Å². The summed E-state index contributed by atoms with van der Waals surface area (Å²) in [5.41, 5.74) is 2.62. The second-order valence-corrected chi connectivity index (χ2v) is 11.0. The molecule has 2 aliphatic heterocycles. The fourth-order valence-electron chi connectivity index (χ4n) is 5.69. The van der Waals surface area contributed by atoms with Crippen LogP contribution >= 0.6 is 0 Å². The quantitative estimate of drug-likeness (QED) is 0.384. The van der Waals surface area contributed by atoms with Gasteiger partial charge in [0.1, 0.15) is 17.2 Å². The average Bonchev–Trinajstić information content (AvgIpc) is 3.05. The molecule has 0 atom stereocenters. The van der Waals surface area contributed by atoms with Crippen LogP contribution < -0.4 is 14.8 Å². The van der Waals surface area contributed by atoms with Gasteiger partial charge in [-0.2, -0.15) is 0 Å². The van der Waals surface area contributed by atoms with Crippen LogP contribution in [0, 0.1) is 5.92 Å². The third-order valence-electron chi connectivity index (χ3n) is 8.24. The minimum Gasteiger partial charge on any atom is -0.497 e. The number of benzene rings is 2. The zero-order chi connectivity index (χ0) is 29.5. The summed E-state index contributed by atoms with van der Waals surface area (Å²) in [6.07, 6.45) is 4.43. The Balaban J connectivity index is 1.07. The number of carbonyl (C=O) groups is 3. The predicted octanol–water partition coefficient (Wildman–Crippen LogP) is 4.23. The van der Waals surface area contributed by atoms with E-state index in [0.29, 0.717) is 48.5 Å². The zero-order valence-electron chi connectivity index (χ0n) is 24.3. The summed E-state index contributed by atoms with van der Waals surface area (Å²) in [7, 11) is 3.27. The number of amides is 2. The van der Waals surface area contributed by atoms with Crippen molar-refractivity contribution < 1.29 is 23.9 Å². The molecule has 1 N–H and O–H groups in total. The summed E-state index contributed by atoms with van der Waals surface area (Å²) in [5, 5.41) is 3.13. The van der Waals surface area contributed by atoms with E-state index in [1.54, 1.807) is 55.5 Å². The van der Waals surface area contributed by atoms with Gasteiger partial charge in [-0.3, -0.25) is 24.3 Å². The van der Waals surface area contributed by atoms with E-state index in [9.17, 15) is 14.4 Å². The second kappa shape index (κ2) is 13.6. The van der Waals surface area contributed by atoms with Crippen LogP contribution in [-0.4, -0.2) is 78.8 Å². The topological polar surface area (TPSA) is 101 Å². The number of carbonyl (C=O) groups excluding carboxylic acids is 3. The first-order valence-corrected chi connectivity index (χ1v) is 14.5. The summed E-state index contributed by atoms with van der Waals surface area (Å²) in [6.45, 7) is 3.64. The van der Waals surface area contributed by atoms with Crippen LogP contribution in [-0.2, 0) is 6.54 Å². The Morgan fingerprint density at radius 2 is 1.52 bits per heavy atom. The number of nitrogens with zero attached hydrogens (tertiary/aromatic N) is 3. The number of piperidine rings is 2. The first-order valence-electron chi connectivity index (χ1n) is 14.5. The molecule has 9 heteroatoms. The Morgan fingerprint density at radius 3 is 2.17 bits per heavy atom. The number of ketones is 1. The monoisotopic (exact) mass is 570 g/mol. The first-order chi connectivity index (χ1) is 20.4. The molecule has 0 unspecified atom stereocenters. The molecular weight excluding hydrogens is 532 g/mol. The third kappa shape index (κ3) is 7.15. The van der Waals surface area contributed by atoms with Crippen LogP contribution in [0.25, 0.3) is 0 Å². The van der Waals surface area contributed by atoms with Gasteiger partial charge in [0.05, 0.1) is 19.8 Å². The number of hydrogen-bond donors (Lipinski definition) is 1. The average molecular weight is 571 g/mol.